The van der Waals surface area contributed by atoms with Crippen LogP contribution in [0.2, 0.25) is 0 Å². The van der Waals surface area contributed by atoms with Gasteiger partial charge in [0.05, 0.1) is 4.90 Å². The van der Waals surface area contributed by atoms with E-state index in [1.807, 2.05) is 6.92 Å². The van der Waals surface area contributed by atoms with Gasteiger partial charge in [0, 0.05) is 12.6 Å². The zero-order chi connectivity index (χ0) is 19.9. The van der Waals surface area contributed by atoms with Crippen LogP contribution in [-0.2, 0) is 19.4 Å². The van der Waals surface area contributed by atoms with Crippen molar-refractivity contribution < 1.29 is 18.0 Å². The molecule has 0 saturated heterocycles. The molecule has 0 aliphatic carbocycles. The molecule has 0 unspecified atom stereocenters. The number of nitrogens with one attached hydrogen (secondary N) is 2. The Bertz CT molecular complexity index is 867. The lowest BCUT2D eigenvalue weighted by atomic mass is 10.1. The van der Waals surface area contributed by atoms with Crippen molar-refractivity contribution in [3.8, 4) is 0 Å². The molecule has 0 aromatic heterocycles. The van der Waals surface area contributed by atoms with Gasteiger partial charge in [0.1, 0.15) is 5.25 Å². The minimum Gasteiger partial charge on any atom is -0.346 e. The number of carbonyl (C=O) groups excluding carboxylic acids is 2. The number of sulfone groups is 1. The predicted molar refractivity (Wildman–Crippen MR) is 104 cm³/mol. The first-order chi connectivity index (χ1) is 12.9. The fourth-order valence-electron chi connectivity index (χ4n) is 2.51. The van der Waals surface area contributed by atoms with Gasteiger partial charge < -0.3 is 10.6 Å². The summed E-state index contributed by atoms with van der Waals surface area (Å²) in [6.07, 6.45) is 0.689. The van der Waals surface area contributed by atoms with E-state index in [4.69, 9.17) is 0 Å². The van der Waals surface area contributed by atoms with E-state index in [0.717, 1.165) is 0 Å². The monoisotopic (exact) mass is 388 g/mol. The van der Waals surface area contributed by atoms with Crippen molar-refractivity contribution in [2.75, 3.05) is 6.54 Å². The van der Waals surface area contributed by atoms with Gasteiger partial charge in [-0.1, -0.05) is 55.5 Å². The highest BCUT2D eigenvalue weighted by atomic mass is 32.2. The number of carbonyl (C=O) groups is 2. The summed E-state index contributed by atoms with van der Waals surface area (Å²) < 4.78 is 26.2. The summed E-state index contributed by atoms with van der Waals surface area (Å²) in [5, 5.41) is 4.02. The maximum Gasteiger partial charge on any atom is 0.309 e. The van der Waals surface area contributed by atoms with Gasteiger partial charge in [-0.05, 0) is 31.0 Å². The van der Waals surface area contributed by atoms with Crippen LogP contribution in [0.1, 0.15) is 31.1 Å². The molecule has 0 spiro atoms. The fourth-order valence-corrected chi connectivity index (χ4v) is 4.19. The third-order valence-electron chi connectivity index (χ3n) is 4.26. The van der Waals surface area contributed by atoms with E-state index in [-0.39, 0.29) is 17.5 Å². The number of benzene rings is 2. The van der Waals surface area contributed by atoms with E-state index in [1.54, 1.807) is 55.5 Å². The molecule has 2 aromatic carbocycles. The maximum atomic E-state index is 13.1. The van der Waals surface area contributed by atoms with Crippen LogP contribution in [0.25, 0.3) is 0 Å². The minimum absolute atomic E-state index is 0.138. The average molecular weight is 388 g/mol. The second kappa shape index (κ2) is 9.32. The molecule has 0 fully saturated rings. The van der Waals surface area contributed by atoms with Crippen molar-refractivity contribution in [1.82, 2.24) is 10.6 Å². The topological polar surface area (TPSA) is 92.3 Å². The van der Waals surface area contributed by atoms with E-state index in [9.17, 15) is 18.0 Å². The average Bonchev–Trinajstić information content (AvgIpc) is 2.69. The van der Waals surface area contributed by atoms with Gasteiger partial charge in [-0.25, -0.2) is 8.42 Å². The zero-order valence-electron chi connectivity index (χ0n) is 15.4. The van der Waals surface area contributed by atoms with Gasteiger partial charge >= 0.3 is 11.8 Å². The first kappa shape index (κ1) is 20.6. The molecule has 7 heteroatoms. The summed E-state index contributed by atoms with van der Waals surface area (Å²) in [7, 11) is -3.75. The second-order valence-corrected chi connectivity index (χ2v) is 8.38. The van der Waals surface area contributed by atoms with Crippen LogP contribution in [0, 0.1) is 0 Å². The number of hydrogen-bond donors (Lipinski definition) is 2. The molecule has 0 radical (unpaired) electrons. The van der Waals surface area contributed by atoms with E-state index in [0.29, 0.717) is 12.0 Å². The first-order valence-corrected chi connectivity index (χ1v) is 10.3. The normalized spacial score (nSPS) is 13.4. The standard InChI is InChI=1S/C20H24N2O4S/c1-3-15(2)22-20(24)19(23)21-14-18(16-10-6-4-7-11-16)27(25,26)17-12-8-5-9-13-17/h4-13,15,18H,3,14H2,1-2H3,(H,21,23)(H,22,24)/t15-,18-/m1/s1. The largest absolute Gasteiger partial charge is 0.346 e. The van der Waals surface area contributed by atoms with Crippen LogP contribution in [-0.4, -0.2) is 32.8 Å². The molecule has 0 saturated carbocycles. The number of hydrogen-bond acceptors (Lipinski definition) is 4. The summed E-state index contributed by atoms with van der Waals surface area (Å²) >= 11 is 0. The van der Waals surface area contributed by atoms with E-state index in [2.05, 4.69) is 10.6 Å². The highest BCUT2D eigenvalue weighted by Crippen LogP contribution is 2.28. The van der Waals surface area contributed by atoms with Crippen LogP contribution >= 0.6 is 0 Å². The molecule has 2 amide bonds. The van der Waals surface area contributed by atoms with Crippen LogP contribution in [0.15, 0.2) is 65.6 Å². The van der Waals surface area contributed by atoms with Crippen molar-refractivity contribution in [3.63, 3.8) is 0 Å². The highest BCUT2D eigenvalue weighted by Gasteiger charge is 2.30. The predicted octanol–water partition coefficient (Wildman–Crippen LogP) is 2.23. The highest BCUT2D eigenvalue weighted by molar-refractivity contribution is 7.91. The molecular formula is C20H24N2O4S. The van der Waals surface area contributed by atoms with Crippen LogP contribution in [0.4, 0.5) is 0 Å². The van der Waals surface area contributed by atoms with E-state index >= 15 is 0 Å². The van der Waals surface area contributed by atoms with Crippen molar-refractivity contribution in [3.05, 3.63) is 66.2 Å². The van der Waals surface area contributed by atoms with E-state index < -0.39 is 26.9 Å². The van der Waals surface area contributed by atoms with E-state index in [1.165, 1.54) is 12.1 Å². The Hall–Kier alpha value is -2.67. The zero-order valence-corrected chi connectivity index (χ0v) is 16.2. The first-order valence-electron chi connectivity index (χ1n) is 8.78. The van der Waals surface area contributed by atoms with Crippen LogP contribution in [0.5, 0.6) is 0 Å². The molecule has 0 aliphatic heterocycles. The molecule has 2 N–H and O–H groups in total. The SMILES string of the molecule is CC[C@@H](C)NC(=O)C(=O)NC[C@H](c1ccccc1)S(=O)(=O)c1ccccc1. The Balaban J connectivity index is 2.23. The number of rotatable bonds is 7. The van der Waals surface area contributed by atoms with Gasteiger partial charge in [0.2, 0.25) is 0 Å². The summed E-state index contributed by atoms with van der Waals surface area (Å²) in [6.45, 7) is 3.48. The summed E-state index contributed by atoms with van der Waals surface area (Å²) in [5.41, 5.74) is 0.545. The van der Waals surface area contributed by atoms with Crippen molar-refractivity contribution in [2.45, 2.75) is 36.5 Å². The Morgan fingerprint density at radius 3 is 2.04 bits per heavy atom. The number of amides is 2. The van der Waals surface area contributed by atoms with Gasteiger partial charge in [0.25, 0.3) is 0 Å². The lowest BCUT2D eigenvalue weighted by molar-refractivity contribution is -0.139. The van der Waals surface area contributed by atoms with Crippen LogP contribution in [0.3, 0.4) is 0 Å². The van der Waals surface area contributed by atoms with Gasteiger partial charge in [-0.3, -0.25) is 9.59 Å². The van der Waals surface area contributed by atoms with Gasteiger partial charge in [-0.2, -0.15) is 0 Å². The van der Waals surface area contributed by atoms with Crippen molar-refractivity contribution in [1.29, 1.82) is 0 Å². The second-order valence-electron chi connectivity index (χ2n) is 6.25. The molecule has 2 aromatic rings. The van der Waals surface area contributed by atoms with Crippen molar-refractivity contribution in [2.24, 2.45) is 0 Å². The molecule has 27 heavy (non-hydrogen) atoms. The van der Waals surface area contributed by atoms with Crippen LogP contribution < -0.4 is 10.6 Å². The van der Waals surface area contributed by atoms with Gasteiger partial charge in [0.15, 0.2) is 9.84 Å². The lowest BCUT2D eigenvalue weighted by Crippen LogP contribution is -2.45. The quantitative estimate of drug-likeness (QED) is 0.712. The summed E-state index contributed by atoms with van der Waals surface area (Å²) in [6, 6.07) is 16.6. The smallest absolute Gasteiger partial charge is 0.309 e. The van der Waals surface area contributed by atoms with Gasteiger partial charge in [-0.15, -0.1) is 0 Å². The molecule has 0 bridgehead atoms. The lowest BCUT2D eigenvalue weighted by Gasteiger charge is -2.19. The summed E-state index contributed by atoms with van der Waals surface area (Å²) in [4.78, 5) is 24.1. The maximum absolute atomic E-state index is 13.1. The Labute approximate surface area is 159 Å². The molecule has 0 heterocycles. The Kier molecular flexibility index (Phi) is 7.12. The van der Waals surface area contributed by atoms with Crippen molar-refractivity contribution >= 4 is 21.7 Å². The third-order valence-corrected chi connectivity index (χ3v) is 6.38. The molecule has 0 aliphatic rings. The Morgan fingerprint density at radius 2 is 1.48 bits per heavy atom. The third kappa shape index (κ3) is 5.40. The summed E-state index contributed by atoms with van der Waals surface area (Å²) in [5.74, 6) is -1.62. The minimum atomic E-state index is -3.75. The molecule has 144 valence electrons. The Morgan fingerprint density at radius 1 is 0.926 bits per heavy atom. The fraction of sp³-hybridized carbons (Fsp3) is 0.300. The molecular weight excluding hydrogens is 364 g/mol. The molecule has 6 nitrogen and oxygen atoms in total. The molecule has 2 atom stereocenters. The molecule has 2 rings (SSSR count).